The highest BCUT2D eigenvalue weighted by atomic mass is 16.5. The minimum Gasteiger partial charge on any atom is -0.485 e. The van der Waals surface area contributed by atoms with Gasteiger partial charge in [0.2, 0.25) is 0 Å². The number of nitrogens with zero attached hydrogens (tertiary/aromatic N) is 1. The van der Waals surface area contributed by atoms with Gasteiger partial charge < -0.3 is 31.6 Å². The first-order valence-electron chi connectivity index (χ1n) is 11.0. The molecule has 1 aliphatic heterocycles. The predicted octanol–water partition coefficient (Wildman–Crippen LogP) is 2.45. The number of allylic oxidation sites excluding steroid dienone is 1. The highest BCUT2D eigenvalue weighted by Crippen LogP contribution is 2.34. The van der Waals surface area contributed by atoms with Gasteiger partial charge in [0.15, 0.2) is 11.6 Å². The molecule has 6 N–H and O–H groups in total. The minimum atomic E-state index is -0.796. The number of nitrogen functional groups attached to an aromatic ring is 1. The van der Waals surface area contributed by atoms with Crippen LogP contribution in [0.3, 0.4) is 0 Å². The molecule has 1 saturated heterocycles. The van der Waals surface area contributed by atoms with Crippen molar-refractivity contribution in [2.75, 3.05) is 18.8 Å². The number of hydrogen-bond donors (Lipinski definition) is 5. The number of hydrogen-bond acceptors (Lipinski definition) is 7. The Morgan fingerprint density at radius 2 is 2.16 bits per heavy atom. The van der Waals surface area contributed by atoms with E-state index in [1.54, 1.807) is 6.20 Å². The van der Waals surface area contributed by atoms with Crippen molar-refractivity contribution in [1.29, 1.82) is 5.41 Å². The van der Waals surface area contributed by atoms with Gasteiger partial charge in [0.1, 0.15) is 12.2 Å². The Labute approximate surface area is 188 Å². The number of piperidine rings is 1. The van der Waals surface area contributed by atoms with E-state index in [-0.39, 0.29) is 0 Å². The predicted molar refractivity (Wildman–Crippen MR) is 126 cm³/mol. The molecular weight excluding hydrogens is 402 g/mol. The van der Waals surface area contributed by atoms with Crippen molar-refractivity contribution in [2.45, 2.75) is 43.9 Å². The second kappa shape index (κ2) is 9.86. The molecule has 0 unspecified atom stereocenters. The van der Waals surface area contributed by atoms with E-state index in [0.717, 1.165) is 61.0 Å². The van der Waals surface area contributed by atoms with Crippen LogP contribution in [0.15, 0.2) is 42.7 Å². The van der Waals surface area contributed by atoms with Gasteiger partial charge >= 0.3 is 0 Å². The molecule has 166 valence electrons. The zero-order chi connectivity index (χ0) is 22.4. The van der Waals surface area contributed by atoms with Crippen molar-refractivity contribution in [2.24, 2.45) is 0 Å². The SMILES string of the molecule is N=C/C(=C\NC1CCNCC1)c1cnc(N)c(OCc2cccc(C#CC3(O)CC3)c2)c1. The first-order chi connectivity index (χ1) is 15.5. The summed E-state index contributed by atoms with van der Waals surface area (Å²) >= 11 is 0. The van der Waals surface area contributed by atoms with Crippen LogP contribution < -0.4 is 21.1 Å². The fraction of sp³-hybridized carbons (Fsp3) is 0.360. The summed E-state index contributed by atoms with van der Waals surface area (Å²) in [5, 5.41) is 24.5. The van der Waals surface area contributed by atoms with Gasteiger partial charge in [0.05, 0.1) is 0 Å². The fourth-order valence-corrected chi connectivity index (χ4v) is 3.47. The third-order valence-electron chi connectivity index (χ3n) is 5.67. The van der Waals surface area contributed by atoms with Crippen molar-refractivity contribution in [1.82, 2.24) is 15.6 Å². The number of aliphatic hydroxyl groups is 1. The fourth-order valence-electron chi connectivity index (χ4n) is 3.47. The normalized spacial score (nSPS) is 17.7. The van der Waals surface area contributed by atoms with Crippen molar-refractivity contribution in [3.63, 3.8) is 0 Å². The molecule has 4 rings (SSSR count). The van der Waals surface area contributed by atoms with E-state index in [4.69, 9.17) is 15.9 Å². The van der Waals surface area contributed by atoms with E-state index in [2.05, 4.69) is 27.5 Å². The minimum absolute atomic E-state index is 0.302. The lowest BCUT2D eigenvalue weighted by molar-refractivity contribution is 0.212. The van der Waals surface area contributed by atoms with Gasteiger partial charge in [-0.15, -0.1) is 0 Å². The number of benzene rings is 1. The second-order valence-corrected chi connectivity index (χ2v) is 8.31. The molecule has 1 saturated carbocycles. The van der Waals surface area contributed by atoms with Crippen molar-refractivity contribution < 1.29 is 9.84 Å². The van der Waals surface area contributed by atoms with Crippen LogP contribution >= 0.6 is 0 Å². The quantitative estimate of drug-likeness (QED) is 0.340. The molecule has 2 aliphatic rings. The first-order valence-corrected chi connectivity index (χ1v) is 11.0. The lowest BCUT2D eigenvalue weighted by atomic mass is 10.1. The Bertz CT molecular complexity index is 1060. The number of nitrogens with one attached hydrogen (secondary N) is 3. The van der Waals surface area contributed by atoms with E-state index in [9.17, 15) is 5.11 Å². The lowest BCUT2D eigenvalue weighted by Crippen LogP contribution is -2.37. The van der Waals surface area contributed by atoms with Crippen LogP contribution in [-0.4, -0.2) is 41.0 Å². The number of ether oxygens (including phenoxy) is 1. The van der Waals surface area contributed by atoms with Crippen LogP contribution in [0.1, 0.15) is 42.4 Å². The molecular formula is C25H29N5O2. The molecule has 0 radical (unpaired) electrons. The maximum Gasteiger partial charge on any atom is 0.166 e. The van der Waals surface area contributed by atoms with Crippen molar-refractivity contribution >= 4 is 17.6 Å². The summed E-state index contributed by atoms with van der Waals surface area (Å²) in [5.41, 5.74) is 8.50. The van der Waals surface area contributed by atoms with Gasteiger partial charge in [-0.05, 0) is 62.5 Å². The maximum atomic E-state index is 9.90. The third kappa shape index (κ3) is 5.88. The summed E-state index contributed by atoms with van der Waals surface area (Å²) in [5.74, 6) is 6.73. The maximum absolute atomic E-state index is 9.90. The van der Waals surface area contributed by atoms with Crippen LogP contribution in [0.4, 0.5) is 5.82 Å². The van der Waals surface area contributed by atoms with E-state index >= 15 is 0 Å². The molecule has 2 aromatic rings. The highest BCUT2D eigenvalue weighted by molar-refractivity contribution is 6.08. The molecule has 2 fully saturated rings. The average molecular weight is 432 g/mol. The smallest absolute Gasteiger partial charge is 0.166 e. The molecule has 1 aromatic heterocycles. The van der Waals surface area contributed by atoms with Gasteiger partial charge in [-0.1, -0.05) is 24.0 Å². The van der Waals surface area contributed by atoms with Gasteiger partial charge in [0, 0.05) is 41.4 Å². The molecule has 1 aromatic carbocycles. The lowest BCUT2D eigenvalue weighted by Gasteiger charge is -2.23. The molecule has 0 spiro atoms. The number of aromatic nitrogens is 1. The summed E-state index contributed by atoms with van der Waals surface area (Å²) in [6.07, 6.45) is 8.42. The Morgan fingerprint density at radius 1 is 1.34 bits per heavy atom. The number of anilines is 1. The number of nitrogens with two attached hydrogens (primary N) is 1. The first kappa shape index (κ1) is 21.9. The molecule has 0 atom stereocenters. The van der Waals surface area contributed by atoms with Crippen LogP contribution in [0.25, 0.3) is 5.57 Å². The largest absolute Gasteiger partial charge is 0.485 e. The van der Waals surface area contributed by atoms with E-state index < -0.39 is 5.60 Å². The van der Waals surface area contributed by atoms with Crippen LogP contribution in [0, 0.1) is 17.3 Å². The van der Waals surface area contributed by atoms with Gasteiger partial charge in [-0.25, -0.2) is 4.98 Å². The molecule has 0 amide bonds. The molecule has 32 heavy (non-hydrogen) atoms. The summed E-state index contributed by atoms with van der Waals surface area (Å²) in [7, 11) is 0. The molecule has 1 aliphatic carbocycles. The summed E-state index contributed by atoms with van der Waals surface area (Å²) in [4.78, 5) is 4.26. The zero-order valence-electron chi connectivity index (χ0n) is 18.0. The summed E-state index contributed by atoms with van der Waals surface area (Å²) < 4.78 is 5.95. The molecule has 7 nitrogen and oxygen atoms in total. The Morgan fingerprint density at radius 3 is 2.91 bits per heavy atom. The number of pyridine rings is 1. The van der Waals surface area contributed by atoms with Crippen LogP contribution in [-0.2, 0) is 6.61 Å². The van der Waals surface area contributed by atoms with Gasteiger partial charge in [-0.2, -0.15) is 0 Å². The molecule has 2 heterocycles. The standard InChI is InChI=1S/C25H29N5O2/c26-14-21(16-29-22-5-10-28-11-6-22)20-13-23(24(27)30-15-20)32-17-19-3-1-2-18(12-19)4-7-25(31)8-9-25/h1-3,12-16,22,26,28-29,31H,5-6,8-11,17H2,(H2,27,30)/b21-16+,26-14?. The molecule has 0 bridgehead atoms. The Kier molecular flexibility index (Phi) is 6.74. The summed E-state index contributed by atoms with van der Waals surface area (Å²) in [6, 6.07) is 9.94. The van der Waals surface area contributed by atoms with Gasteiger partial charge in [0.25, 0.3) is 0 Å². The van der Waals surface area contributed by atoms with Crippen LogP contribution in [0.5, 0.6) is 5.75 Å². The topological polar surface area (TPSA) is 116 Å². The van der Waals surface area contributed by atoms with E-state index in [0.29, 0.717) is 24.2 Å². The summed E-state index contributed by atoms with van der Waals surface area (Å²) in [6.45, 7) is 2.31. The molecule has 7 heteroatoms. The Balaban J connectivity index is 1.43. The Hall–Kier alpha value is -3.34. The van der Waals surface area contributed by atoms with Crippen LogP contribution in [0.2, 0.25) is 0 Å². The third-order valence-corrected chi connectivity index (χ3v) is 5.67. The highest BCUT2D eigenvalue weighted by Gasteiger charge is 2.38. The number of rotatable bonds is 7. The van der Waals surface area contributed by atoms with Crippen molar-refractivity contribution in [3.05, 3.63) is 59.4 Å². The van der Waals surface area contributed by atoms with Crippen molar-refractivity contribution in [3.8, 4) is 17.6 Å². The second-order valence-electron chi connectivity index (χ2n) is 8.31. The average Bonchev–Trinajstić information content (AvgIpc) is 3.56. The van der Waals surface area contributed by atoms with Gasteiger partial charge in [-0.3, -0.25) is 0 Å². The van der Waals surface area contributed by atoms with E-state index in [1.807, 2.05) is 36.5 Å². The monoisotopic (exact) mass is 431 g/mol. The zero-order valence-corrected chi connectivity index (χ0v) is 18.0. The van der Waals surface area contributed by atoms with E-state index in [1.165, 1.54) is 6.21 Å².